The van der Waals surface area contributed by atoms with Crippen molar-refractivity contribution in [2.24, 2.45) is 49.7 Å². The van der Waals surface area contributed by atoms with Crippen LogP contribution in [0.25, 0.3) is 0 Å². The maximum absolute atomic E-state index is 14.9. The van der Waals surface area contributed by atoms with Crippen LogP contribution in [0, 0.1) is 49.7 Å². The Morgan fingerprint density at radius 3 is 2.16 bits per heavy atom. The number of carbonyl (C=O) groups excluding carboxylic acids is 4. The first-order valence-electron chi connectivity index (χ1n) is 15.8. The smallest absolute Gasteiger partial charge is 0.303 e. The number of carbonyl (C=O) groups is 4. The molecule has 0 heterocycles. The van der Waals surface area contributed by atoms with Gasteiger partial charge in [0.15, 0.2) is 5.78 Å². The van der Waals surface area contributed by atoms with Crippen molar-refractivity contribution >= 4 is 23.3 Å². The summed E-state index contributed by atoms with van der Waals surface area (Å²) < 4.78 is 5.33. The first-order chi connectivity index (χ1) is 19.3. The highest BCUT2D eigenvalue weighted by Crippen LogP contribution is 2.78. The van der Waals surface area contributed by atoms with Crippen molar-refractivity contribution < 1.29 is 34.1 Å². The standard InChI is InChI=1S/C36H54O7/c1-21(38)43-30(4,5)15-14-25(40)32(8,9)27-22(39)17-24-33(27,10)18-26(41)36(20-37)34(24,11)16-13-23-31(6,7)28(42)29(2,3)19-35(23,36)12/h13-15,22,24,27,37,39H,16-20H2,1-12H3/b15-14+/t22-,24?,27-,33+,34+,35-,36-/m1/s1. The van der Waals surface area contributed by atoms with Crippen LogP contribution >= 0.6 is 0 Å². The number of ketones is 3. The number of rotatable bonds is 6. The number of hydrogen-bond donors (Lipinski definition) is 2. The van der Waals surface area contributed by atoms with Crippen molar-refractivity contribution in [3.63, 3.8) is 0 Å². The molecule has 0 saturated heterocycles. The number of Topliss-reactive ketones (excluding diaryl/α,β-unsaturated/α-hetero) is 2. The van der Waals surface area contributed by atoms with Gasteiger partial charge in [-0.1, -0.05) is 60.1 Å². The Morgan fingerprint density at radius 2 is 1.63 bits per heavy atom. The molecule has 240 valence electrons. The minimum Gasteiger partial charge on any atom is -0.456 e. The summed E-state index contributed by atoms with van der Waals surface area (Å²) >= 11 is 0. The third kappa shape index (κ3) is 4.34. The minimum absolute atomic E-state index is 0.0424. The highest BCUT2D eigenvalue weighted by Gasteiger charge is 2.78. The van der Waals surface area contributed by atoms with E-state index in [9.17, 15) is 29.4 Å². The van der Waals surface area contributed by atoms with Gasteiger partial charge in [0.25, 0.3) is 0 Å². The van der Waals surface area contributed by atoms with Crippen LogP contribution in [0.1, 0.15) is 109 Å². The van der Waals surface area contributed by atoms with Crippen molar-refractivity contribution in [3.05, 3.63) is 23.8 Å². The zero-order valence-corrected chi connectivity index (χ0v) is 28.4. The Hall–Kier alpha value is -2.12. The average molecular weight is 599 g/mol. The Labute approximate surface area is 257 Å². The Bertz CT molecular complexity index is 1310. The molecule has 4 rings (SSSR count). The number of esters is 1. The van der Waals surface area contributed by atoms with E-state index in [2.05, 4.69) is 19.9 Å². The van der Waals surface area contributed by atoms with E-state index < -0.39 is 61.5 Å². The molecule has 0 amide bonds. The molecule has 7 atom stereocenters. The van der Waals surface area contributed by atoms with Gasteiger partial charge in [0.05, 0.1) is 18.1 Å². The lowest BCUT2D eigenvalue weighted by atomic mass is 9.31. The molecule has 2 N–H and O–H groups in total. The molecule has 0 aromatic carbocycles. The quantitative estimate of drug-likeness (QED) is 0.225. The summed E-state index contributed by atoms with van der Waals surface area (Å²) in [5.74, 6) is -1.22. The van der Waals surface area contributed by atoms with Crippen LogP contribution in [0.2, 0.25) is 0 Å². The van der Waals surface area contributed by atoms with Crippen molar-refractivity contribution in [2.45, 2.75) is 120 Å². The zero-order chi connectivity index (χ0) is 33.0. The van der Waals surface area contributed by atoms with Crippen molar-refractivity contribution in [1.82, 2.24) is 0 Å². The topological polar surface area (TPSA) is 118 Å². The van der Waals surface area contributed by atoms with E-state index in [4.69, 9.17) is 4.74 Å². The summed E-state index contributed by atoms with van der Waals surface area (Å²) in [6.07, 6.45) is 5.86. The van der Waals surface area contributed by atoms with Gasteiger partial charge in [-0.3, -0.25) is 19.2 Å². The van der Waals surface area contributed by atoms with Crippen LogP contribution in [0.15, 0.2) is 23.8 Å². The van der Waals surface area contributed by atoms with Gasteiger partial charge in [-0.15, -0.1) is 0 Å². The van der Waals surface area contributed by atoms with Crippen molar-refractivity contribution in [1.29, 1.82) is 0 Å². The van der Waals surface area contributed by atoms with E-state index in [0.29, 0.717) is 19.3 Å². The van der Waals surface area contributed by atoms with Crippen LogP contribution in [0.3, 0.4) is 0 Å². The lowest BCUT2D eigenvalue weighted by molar-refractivity contribution is -0.209. The summed E-state index contributed by atoms with van der Waals surface area (Å²) in [6.45, 7) is 22.1. The SMILES string of the molecule is CC(=O)OC(C)(C)/C=C/C(=O)C(C)(C)[C@H]1[C@H](O)CC2[C@]1(C)CC(=O)[C@]1(CO)[C@@]2(C)CC=C2C(C)(C)C(=O)C(C)(C)C[C@]21C. The van der Waals surface area contributed by atoms with E-state index in [1.807, 2.05) is 48.5 Å². The Morgan fingerprint density at radius 1 is 1.05 bits per heavy atom. The summed E-state index contributed by atoms with van der Waals surface area (Å²) in [5, 5.41) is 23.2. The van der Waals surface area contributed by atoms with Gasteiger partial charge in [0.1, 0.15) is 17.2 Å². The number of aliphatic hydroxyl groups excluding tert-OH is 2. The number of ether oxygens (including phenoxy) is 1. The summed E-state index contributed by atoms with van der Waals surface area (Å²) in [7, 11) is 0. The number of allylic oxidation sites excluding steroid dienone is 3. The Balaban J connectivity index is 1.83. The lowest BCUT2D eigenvalue weighted by Gasteiger charge is -2.70. The van der Waals surface area contributed by atoms with E-state index in [-0.39, 0.29) is 36.3 Å². The fraction of sp³-hybridized carbons (Fsp3) is 0.778. The third-order valence-electron chi connectivity index (χ3n) is 12.7. The average Bonchev–Trinajstić information content (AvgIpc) is 3.10. The van der Waals surface area contributed by atoms with E-state index in [1.54, 1.807) is 19.9 Å². The molecule has 3 fully saturated rings. The molecular formula is C36H54O7. The molecule has 0 aromatic heterocycles. The predicted molar refractivity (Wildman–Crippen MR) is 165 cm³/mol. The second kappa shape index (κ2) is 9.69. The molecule has 0 bridgehead atoms. The van der Waals surface area contributed by atoms with E-state index >= 15 is 0 Å². The van der Waals surface area contributed by atoms with Gasteiger partial charge in [0.2, 0.25) is 0 Å². The first-order valence-corrected chi connectivity index (χ1v) is 15.8. The summed E-state index contributed by atoms with van der Waals surface area (Å²) in [6, 6.07) is 0. The van der Waals surface area contributed by atoms with Gasteiger partial charge < -0.3 is 14.9 Å². The first kappa shape index (κ1) is 33.8. The second-order valence-electron chi connectivity index (χ2n) is 17.2. The molecule has 0 spiro atoms. The Kier molecular flexibility index (Phi) is 7.61. The minimum atomic E-state index is -1.14. The second-order valence-corrected chi connectivity index (χ2v) is 17.2. The lowest BCUT2D eigenvalue weighted by Crippen LogP contribution is -2.72. The molecular weight excluding hydrogens is 544 g/mol. The normalized spacial score (nSPS) is 40.4. The fourth-order valence-corrected chi connectivity index (χ4v) is 11.6. The maximum Gasteiger partial charge on any atom is 0.303 e. The largest absolute Gasteiger partial charge is 0.456 e. The van der Waals surface area contributed by atoms with Crippen molar-refractivity contribution in [2.75, 3.05) is 6.61 Å². The molecule has 43 heavy (non-hydrogen) atoms. The molecule has 7 nitrogen and oxygen atoms in total. The van der Waals surface area contributed by atoms with Crippen LogP contribution in [-0.2, 0) is 23.9 Å². The van der Waals surface area contributed by atoms with Gasteiger partial charge in [-0.2, -0.15) is 0 Å². The molecule has 0 radical (unpaired) electrons. The van der Waals surface area contributed by atoms with Crippen LogP contribution in [-0.4, -0.2) is 51.8 Å². The molecule has 3 saturated carbocycles. The van der Waals surface area contributed by atoms with Crippen LogP contribution < -0.4 is 0 Å². The highest BCUT2D eigenvalue weighted by atomic mass is 16.6. The fourth-order valence-electron chi connectivity index (χ4n) is 11.6. The zero-order valence-electron chi connectivity index (χ0n) is 28.4. The number of fused-ring (bicyclic) bond motifs is 5. The van der Waals surface area contributed by atoms with Crippen LogP contribution in [0.4, 0.5) is 0 Å². The molecule has 0 aliphatic heterocycles. The van der Waals surface area contributed by atoms with E-state index in [1.165, 1.54) is 13.0 Å². The number of aliphatic hydroxyl groups is 2. The molecule has 0 aromatic rings. The summed E-state index contributed by atoms with van der Waals surface area (Å²) in [4.78, 5) is 53.9. The monoisotopic (exact) mass is 598 g/mol. The molecule has 4 aliphatic rings. The van der Waals surface area contributed by atoms with Gasteiger partial charge in [0, 0.05) is 40.9 Å². The molecule has 7 heteroatoms. The predicted octanol–water partition coefficient (Wildman–Crippen LogP) is 5.80. The number of hydrogen-bond acceptors (Lipinski definition) is 7. The van der Waals surface area contributed by atoms with Crippen molar-refractivity contribution in [3.8, 4) is 0 Å². The molecule has 4 aliphatic carbocycles. The third-order valence-corrected chi connectivity index (χ3v) is 12.7. The van der Waals surface area contributed by atoms with E-state index in [0.717, 1.165) is 5.57 Å². The van der Waals surface area contributed by atoms with Gasteiger partial charge in [-0.05, 0) is 75.9 Å². The summed E-state index contributed by atoms with van der Waals surface area (Å²) in [5.41, 5.74) is -5.83. The maximum atomic E-state index is 14.9. The van der Waals surface area contributed by atoms with Crippen LogP contribution in [0.5, 0.6) is 0 Å². The highest BCUT2D eigenvalue weighted by molar-refractivity contribution is 5.97. The van der Waals surface area contributed by atoms with Gasteiger partial charge >= 0.3 is 5.97 Å². The molecule has 1 unspecified atom stereocenters. The van der Waals surface area contributed by atoms with Gasteiger partial charge in [-0.25, -0.2) is 0 Å².